The van der Waals surface area contributed by atoms with E-state index < -0.39 is 0 Å². The second kappa shape index (κ2) is 12.4. The molecule has 11 aromatic rings. The van der Waals surface area contributed by atoms with E-state index in [4.69, 9.17) is 0 Å². The summed E-state index contributed by atoms with van der Waals surface area (Å²) in [5.41, 5.74) is 15.1. The van der Waals surface area contributed by atoms with Gasteiger partial charge < -0.3 is 0 Å². The van der Waals surface area contributed by atoms with Gasteiger partial charge in [0.25, 0.3) is 0 Å². The largest absolute Gasteiger partial charge is 0.0616 e. The van der Waals surface area contributed by atoms with Gasteiger partial charge in [-0.15, -0.1) is 0 Å². The van der Waals surface area contributed by atoms with Gasteiger partial charge in [0.2, 0.25) is 0 Å². The first-order chi connectivity index (χ1) is 27.4. The van der Waals surface area contributed by atoms with Crippen LogP contribution in [0.15, 0.2) is 170 Å². The van der Waals surface area contributed by atoms with Gasteiger partial charge in [0.1, 0.15) is 0 Å². The van der Waals surface area contributed by atoms with Crippen molar-refractivity contribution in [1.29, 1.82) is 0 Å². The Morgan fingerprint density at radius 3 is 1.11 bits per heavy atom. The molecule has 11 rings (SSSR count). The Balaban J connectivity index is 1.47. The molecular formula is C56H40. The molecule has 0 aliphatic carbocycles. The number of benzene rings is 11. The molecule has 0 heteroatoms. The van der Waals surface area contributed by atoms with E-state index in [0.29, 0.717) is 0 Å². The summed E-state index contributed by atoms with van der Waals surface area (Å²) in [6.45, 7) is 8.71. The SMILES string of the molecule is Cc1ccc(-c2c(-c3ccc(C)cc3)c3cc4c(-c5ccc(C)cc5)c(-c5ccc(C)cc5)c5ccc6ccccc6c5c4c4ccc5cccc2c5c34)cc1. The van der Waals surface area contributed by atoms with E-state index in [1.807, 2.05) is 0 Å². The van der Waals surface area contributed by atoms with Crippen molar-refractivity contribution in [1.82, 2.24) is 0 Å². The third kappa shape index (κ3) is 4.85. The molecule has 0 atom stereocenters. The van der Waals surface area contributed by atoms with Crippen molar-refractivity contribution >= 4 is 64.6 Å². The zero-order valence-corrected chi connectivity index (χ0v) is 32.2. The van der Waals surface area contributed by atoms with E-state index in [1.165, 1.54) is 131 Å². The molecule has 0 spiro atoms. The van der Waals surface area contributed by atoms with Crippen LogP contribution in [0.3, 0.4) is 0 Å². The van der Waals surface area contributed by atoms with Crippen molar-refractivity contribution in [3.63, 3.8) is 0 Å². The molecule has 11 aromatic carbocycles. The maximum Gasteiger partial charge on any atom is -0.00132 e. The van der Waals surface area contributed by atoms with E-state index in [0.717, 1.165) is 0 Å². The van der Waals surface area contributed by atoms with Crippen LogP contribution in [-0.2, 0) is 0 Å². The summed E-state index contributed by atoms with van der Waals surface area (Å²) < 4.78 is 0. The summed E-state index contributed by atoms with van der Waals surface area (Å²) in [5.74, 6) is 0. The van der Waals surface area contributed by atoms with E-state index >= 15 is 0 Å². The first-order valence-corrected chi connectivity index (χ1v) is 19.8. The van der Waals surface area contributed by atoms with Crippen molar-refractivity contribution in [3.05, 3.63) is 192 Å². The van der Waals surface area contributed by atoms with Crippen LogP contribution in [0.5, 0.6) is 0 Å². The predicted octanol–water partition coefficient (Wildman–Crippen LogP) is 15.9. The highest BCUT2D eigenvalue weighted by molar-refractivity contribution is 6.41. The molecule has 0 unspecified atom stereocenters. The highest BCUT2D eigenvalue weighted by Gasteiger charge is 2.26. The predicted molar refractivity (Wildman–Crippen MR) is 243 cm³/mol. The molecule has 0 saturated heterocycles. The Morgan fingerprint density at radius 2 is 0.589 bits per heavy atom. The third-order valence-corrected chi connectivity index (χ3v) is 12.3. The van der Waals surface area contributed by atoms with E-state index in [9.17, 15) is 0 Å². The van der Waals surface area contributed by atoms with Crippen molar-refractivity contribution in [2.75, 3.05) is 0 Å². The van der Waals surface area contributed by atoms with Gasteiger partial charge in [-0.2, -0.15) is 0 Å². The molecule has 0 heterocycles. The first-order valence-electron chi connectivity index (χ1n) is 19.8. The second-order valence-electron chi connectivity index (χ2n) is 15.9. The average molecular weight is 713 g/mol. The summed E-state index contributed by atoms with van der Waals surface area (Å²) in [4.78, 5) is 0. The second-order valence-corrected chi connectivity index (χ2v) is 15.9. The maximum absolute atomic E-state index is 2.57. The molecule has 0 fully saturated rings. The van der Waals surface area contributed by atoms with Gasteiger partial charge in [0.05, 0.1) is 0 Å². The smallest absolute Gasteiger partial charge is 0.00132 e. The first kappa shape index (κ1) is 32.7. The molecule has 56 heavy (non-hydrogen) atoms. The lowest BCUT2D eigenvalue weighted by molar-refractivity contribution is 1.46. The lowest BCUT2D eigenvalue weighted by atomic mass is 9.77. The summed E-state index contributed by atoms with van der Waals surface area (Å²) >= 11 is 0. The van der Waals surface area contributed by atoms with Crippen LogP contribution in [0.25, 0.3) is 109 Å². The number of rotatable bonds is 4. The Morgan fingerprint density at radius 1 is 0.232 bits per heavy atom. The average Bonchev–Trinajstić information content (AvgIpc) is 3.23. The normalized spacial score (nSPS) is 11.9. The molecule has 0 N–H and O–H groups in total. The van der Waals surface area contributed by atoms with Gasteiger partial charge in [0, 0.05) is 0 Å². The summed E-state index contributed by atoms with van der Waals surface area (Å²) in [6, 6.07) is 64.6. The molecule has 0 bridgehead atoms. The molecule has 0 saturated carbocycles. The van der Waals surface area contributed by atoms with Crippen LogP contribution < -0.4 is 0 Å². The van der Waals surface area contributed by atoms with Crippen molar-refractivity contribution in [3.8, 4) is 44.5 Å². The monoisotopic (exact) mass is 712 g/mol. The summed E-state index contributed by atoms with van der Waals surface area (Å²) in [6.07, 6.45) is 0. The number of fused-ring (bicyclic) bond motifs is 6. The van der Waals surface area contributed by atoms with Crippen LogP contribution in [0.4, 0.5) is 0 Å². The van der Waals surface area contributed by atoms with Crippen LogP contribution in [0, 0.1) is 27.7 Å². The standard InChI is InChI=1S/C56H40/c1-33-12-20-39(21-13-33)49-44-11-7-9-38-29-31-46-55(51(38)44)47(52(49)41-24-16-35(3)17-25-41)32-48-53(42-26-18-36(4)19-27-42)50(40-22-14-34(2)15-23-40)45-30-28-37-8-5-6-10-43(37)54(45)56(46)48/h5-32H,1-4H3. The maximum atomic E-state index is 2.57. The summed E-state index contributed by atoms with van der Waals surface area (Å²) in [7, 11) is 0. The minimum Gasteiger partial charge on any atom is -0.0616 e. The van der Waals surface area contributed by atoms with Gasteiger partial charge >= 0.3 is 0 Å². The molecule has 0 amide bonds. The highest BCUT2D eigenvalue weighted by Crippen LogP contribution is 2.54. The molecule has 0 aliphatic heterocycles. The van der Waals surface area contributed by atoms with Crippen LogP contribution >= 0.6 is 0 Å². The molecule has 0 radical (unpaired) electrons. The van der Waals surface area contributed by atoms with Gasteiger partial charge in [-0.1, -0.05) is 186 Å². The molecular weight excluding hydrogens is 673 g/mol. The zero-order valence-electron chi connectivity index (χ0n) is 32.2. The van der Waals surface area contributed by atoms with Gasteiger partial charge in [0.15, 0.2) is 0 Å². The van der Waals surface area contributed by atoms with Crippen LogP contribution in [0.2, 0.25) is 0 Å². The van der Waals surface area contributed by atoms with E-state index in [1.54, 1.807) is 0 Å². The third-order valence-electron chi connectivity index (χ3n) is 12.3. The highest BCUT2D eigenvalue weighted by atomic mass is 14.3. The fourth-order valence-corrected chi connectivity index (χ4v) is 9.54. The fraction of sp³-hybridized carbons (Fsp3) is 0.0714. The van der Waals surface area contributed by atoms with Gasteiger partial charge in [-0.05, 0) is 143 Å². The topological polar surface area (TPSA) is 0 Å². The van der Waals surface area contributed by atoms with E-state index in [2.05, 4.69) is 198 Å². The van der Waals surface area contributed by atoms with Crippen molar-refractivity contribution in [2.45, 2.75) is 27.7 Å². The fourth-order valence-electron chi connectivity index (χ4n) is 9.54. The molecule has 264 valence electrons. The Labute approximate surface area is 327 Å². The van der Waals surface area contributed by atoms with Crippen LogP contribution in [0.1, 0.15) is 22.3 Å². The number of hydrogen-bond donors (Lipinski definition) is 0. The summed E-state index contributed by atoms with van der Waals surface area (Å²) in [5, 5.41) is 15.6. The molecule has 0 nitrogen and oxygen atoms in total. The molecule has 0 aromatic heterocycles. The zero-order chi connectivity index (χ0) is 37.7. The lowest BCUT2D eigenvalue weighted by Crippen LogP contribution is -1.97. The Kier molecular flexibility index (Phi) is 7.22. The number of hydrogen-bond acceptors (Lipinski definition) is 0. The quantitative estimate of drug-likeness (QED) is 0.126. The number of aryl methyl sites for hydroxylation is 4. The minimum absolute atomic E-state index is 1.23. The van der Waals surface area contributed by atoms with Crippen molar-refractivity contribution in [2.24, 2.45) is 0 Å². The van der Waals surface area contributed by atoms with Gasteiger partial charge in [-0.25, -0.2) is 0 Å². The molecule has 0 aliphatic rings. The Hall–Kier alpha value is -6.76. The van der Waals surface area contributed by atoms with Gasteiger partial charge in [-0.3, -0.25) is 0 Å². The van der Waals surface area contributed by atoms with Crippen molar-refractivity contribution < 1.29 is 0 Å². The lowest BCUT2D eigenvalue weighted by Gasteiger charge is -2.25. The van der Waals surface area contributed by atoms with Crippen LogP contribution in [-0.4, -0.2) is 0 Å². The van der Waals surface area contributed by atoms with E-state index in [-0.39, 0.29) is 0 Å². The Bertz CT molecular complexity index is 3330. The minimum atomic E-state index is 1.23.